The van der Waals surface area contributed by atoms with Gasteiger partial charge >= 0.3 is 6.18 Å². The fraction of sp³-hybridized carbons (Fsp3) is 0.250. The van der Waals surface area contributed by atoms with Crippen LogP contribution < -0.4 is 0 Å². The van der Waals surface area contributed by atoms with Crippen molar-refractivity contribution in [2.24, 2.45) is 0 Å². The van der Waals surface area contributed by atoms with Crippen LogP contribution in [-0.2, 0) is 12.6 Å². The van der Waals surface area contributed by atoms with Gasteiger partial charge in [0.05, 0.1) is 5.56 Å². The molecule has 28 heavy (non-hydrogen) atoms. The van der Waals surface area contributed by atoms with E-state index in [0.29, 0.717) is 0 Å². The second kappa shape index (κ2) is 7.80. The van der Waals surface area contributed by atoms with Crippen LogP contribution in [0.15, 0.2) is 72.8 Å². The Kier molecular flexibility index (Phi) is 5.23. The van der Waals surface area contributed by atoms with E-state index in [2.05, 4.69) is 53.4 Å². The van der Waals surface area contributed by atoms with Crippen molar-refractivity contribution in [2.75, 3.05) is 19.6 Å². The van der Waals surface area contributed by atoms with Gasteiger partial charge in [0.25, 0.3) is 0 Å². The lowest BCUT2D eigenvalue weighted by Crippen LogP contribution is -2.30. The summed E-state index contributed by atoms with van der Waals surface area (Å²) in [4.78, 5) is 2.40. The van der Waals surface area contributed by atoms with Crippen molar-refractivity contribution in [3.8, 4) is 0 Å². The van der Waals surface area contributed by atoms with Crippen molar-refractivity contribution in [3.05, 3.63) is 89.5 Å². The van der Waals surface area contributed by atoms with Crippen molar-refractivity contribution >= 4 is 16.3 Å². The highest BCUT2D eigenvalue weighted by atomic mass is 19.4. The molecule has 1 aliphatic rings. The summed E-state index contributed by atoms with van der Waals surface area (Å²) in [6, 6.07) is 20.4. The van der Waals surface area contributed by atoms with Gasteiger partial charge in [-0.2, -0.15) is 13.2 Å². The Morgan fingerprint density at radius 2 is 1.61 bits per heavy atom. The van der Waals surface area contributed by atoms with Crippen molar-refractivity contribution in [1.29, 1.82) is 0 Å². The SMILES string of the molecule is FC(F)(F)c1ccc(C2=CCN(CCc3cccc4ccccc34)CC2)cc1. The van der Waals surface area contributed by atoms with Crippen LogP contribution in [0.3, 0.4) is 0 Å². The van der Waals surface area contributed by atoms with Crippen LogP contribution >= 0.6 is 0 Å². The normalized spacial score (nSPS) is 15.6. The van der Waals surface area contributed by atoms with Crippen molar-refractivity contribution in [1.82, 2.24) is 4.90 Å². The van der Waals surface area contributed by atoms with Gasteiger partial charge in [-0.1, -0.05) is 60.7 Å². The molecule has 0 radical (unpaired) electrons. The summed E-state index contributed by atoms with van der Waals surface area (Å²) in [7, 11) is 0. The third kappa shape index (κ3) is 4.12. The fourth-order valence-corrected chi connectivity index (χ4v) is 3.84. The second-order valence-electron chi connectivity index (χ2n) is 7.24. The second-order valence-corrected chi connectivity index (χ2v) is 7.24. The zero-order chi connectivity index (χ0) is 19.6. The molecule has 3 aromatic carbocycles. The highest BCUT2D eigenvalue weighted by Gasteiger charge is 2.30. The summed E-state index contributed by atoms with van der Waals surface area (Å²) >= 11 is 0. The highest BCUT2D eigenvalue weighted by Crippen LogP contribution is 2.31. The largest absolute Gasteiger partial charge is 0.416 e. The molecular formula is C24H22F3N. The average Bonchev–Trinajstić information content (AvgIpc) is 2.72. The molecule has 0 fully saturated rings. The quantitative estimate of drug-likeness (QED) is 0.521. The Morgan fingerprint density at radius 3 is 2.32 bits per heavy atom. The molecule has 0 unspecified atom stereocenters. The van der Waals surface area contributed by atoms with E-state index in [-0.39, 0.29) is 0 Å². The third-order valence-electron chi connectivity index (χ3n) is 5.45. The van der Waals surface area contributed by atoms with Crippen molar-refractivity contribution < 1.29 is 13.2 Å². The number of alkyl halides is 3. The van der Waals surface area contributed by atoms with Gasteiger partial charge in [-0.3, -0.25) is 4.90 Å². The van der Waals surface area contributed by atoms with Gasteiger partial charge in [0.2, 0.25) is 0 Å². The molecule has 0 saturated carbocycles. The minimum atomic E-state index is -4.28. The Hall–Kier alpha value is -2.59. The van der Waals surface area contributed by atoms with E-state index in [0.717, 1.165) is 43.6 Å². The molecule has 0 saturated heterocycles. The highest BCUT2D eigenvalue weighted by molar-refractivity contribution is 5.85. The predicted octanol–water partition coefficient (Wildman–Crippen LogP) is 6.19. The molecule has 0 N–H and O–H groups in total. The lowest BCUT2D eigenvalue weighted by molar-refractivity contribution is -0.137. The van der Waals surface area contributed by atoms with E-state index in [1.165, 1.54) is 28.5 Å². The lowest BCUT2D eigenvalue weighted by atomic mass is 9.97. The number of benzene rings is 3. The van der Waals surface area contributed by atoms with Crippen LogP contribution in [0.1, 0.15) is 23.1 Å². The van der Waals surface area contributed by atoms with Gasteiger partial charge in [0.1, 0.15) is 0 Å². The van der Waals surface area contributed by atoms with E-state index < -0.39 is 11.7 Å². The molecule has 0 aliphatic carbocycles. The molecule has 4 rings (SSSR count). The van der Waals surface area contributed by atoms with Gasteiger partial charge in [0, 0.05) is 19.6 Å². The minimum absolute atomic E-state index is 0.593. The van der Waals surface area contributed by atoms with Gasteiger partial charge in [0.15, 0.2) is 0 Å². The van der Waals surface area contributed by atoms with E-state index in [4.69, 9.17) is 0 Å². The Morgan fingerprint density at radius 1 is 0.857 bits per heavy atom. The number of rotatable bonds is 4. The van der Waals surface area contributed by atoms with Gasteiger partial charge in [-0.05, 0) is 52.4 Å². The molecule has 1 nitrogen and oxygen atoms in total. The number of hydrogen-bond donors (Lipinski definition) is 0. The van der Waals surface area contributed by atoms with Crippen LogP contribution in [0.2, 0.25) is 0 Å². The first-order valence-corrected chi connectivity index (χ1v) is 9.56. The Bertz CT molecular complexity index is 981. The average molecular weight is 381 g/mol. The first-order chi connectivity index (χ1) is 13.5. The molecule has 144 valence electrons. The standard InChI is InChI=1S/C24H22F3N/c25-24(26,27)22-10-8-18(9-11-22)19-12-15-28(16-13-19)17-14-21-6-3-5-20-4-1-2-7-23(20)21/h1-12H,13-17H2. The number of fused-ring (bicyclic) bond motifs is 1. The molecule has 0 bridgehead atoms. The maximum Gasteiger partial charge on any atom is 0.416 e. The topological polar surface area (TPSA) is 3.24 Å². The number of hydrogen-bond acceptors (Lipinski definition) is 1. The molecule has 1 aliphatic heterocycles. The molecule has 1 heterocycles. The first kappa shape index (κ1) is 18.8. The Balaban J connectivity index is 1.39. The molecule has 4 heteroatoms. The summed E-state index contributed by atoms with van der Waals surface area (Å²) in [5.74, 6) is 0. The number of nitrogens with zero attached hydrogens (tertiary/aromatic N) is 1. The first-order valence-electron chi connectivity index (χ1n) is 9.56. The van der Waals surface area contributed by atoms with Crippen LogP contribution in [0.4, 0.5) is 13.2 Å². The third-order valence-corrected chi connectivity index (χ3v) is 5.45. The maximum absolute atomic E-state index is 12.7. The van der Waals surface area contributed by atoms with Crippen LogP contribution in [0, 0.1) is 0 Å². The fourth-order valence-electron chi connectivity index (χ4n) is 3.84. The molecule has 3 aromatic rings. The Labute approximate surface area is 163 Å². The van der Waals surface area contributed by atoms with Gasteiger partial charge < -0.3 is 0 Å². The predicted molar refractivity (Wildman–Crippen MR) is 108 cm³/mol. The van der Waals surface area contributed by atoms with Crippen molar-refractivity contribution in [3.63, 3.8) is 0 Å². The summed E-state index contributed by atoms with van der Waals surface area (Å²) in [5, 5.41) is 2.58. The van der Waals surface area contributed by atoms with E-state index in [9.17, 15) is 13.2 Å². The van der Waals surface area contributed by atoms with Crippen LogP contribution in [0.25, 0.3) is 16.3 Å². The lowest BCUT2D eigenvalue weighted by Gasteiger charge is -2.26. The summed E-state index contributed by atoms with van der Waals surface area (Å²) in [6.45, 7) is 2.74. The van der Waals surface area contributed by atoms with Crippen molar-refractivity contribution in [2.45, 2.75) is 19.0 Å². The maximum atomic E-state index is 12.7. The van der Waals surface area contributed by atoms with Gasteiger partial charge in [-0.25, -0.2) is 0 Å². The molecule has 0 aromatic heterocycles. The zero-order valence-corrected chi connectivity index (χ0v) is 15.5. The molecule has 0 spiro atoms. The molecule has 0 amide bonds. The minimum Gasteiger partial charge on any atom is -0.299 e. The van der Waals surface area contributed by atoms with Gasteiger partial charge in [-0.15, -0.1) is 0 Å². The van der Waals surface area contributed by atoms with E-state index in [1.54, 1.807) is 12.1 Å². The zero-order valence-electron chi connectivity index (χ0n) is 15.5. The van der Waals surface area contributed by atoms with E-state index in [1.807, 2.05) is 0 Å². The van der Waals surface area contributed by atoms with Crippen LogP contribution in [0.5, 0.6) is 0 Å². The molecule has 0 atom stereocenters. The van der Waals surface area contributed by atoms with E-state index >= 15 is 0 Å². The molecular weight excluding hydrogens is 359 g/mol. The summed E-state index contributed by atoms with van der Waals surface area (Å²) in [5.41, 5.74) is 2.79. The number of halogens is 3. The summed E-state index contributed by atoms with van der Waals surface area (Å²) < 4.78 is 38.1. The smallest absolute Gasteiger partial charge is 0.299 e. The van der Waals surface area contributed by atoms with Crippen LogP contribution in [-0.4, -0.2) is 24.5 Å². The monoisotopic (exact) mass is 381 g/mol. The summed E-state index contributed by atoms with van der Waals surface area (Å²) in [6.07, 6.45) is -0.279.